The SMILES string of the molecule is COC(=O)c1ccc(N[C@H](C)c2cc3ccccc3o2)nc1OC. The number of fused-ring (bicyclic) bond motifs is 1. The predicted molar refractivity (Wildman–Crippen MR) is 90.4 cm³/mol. The van der Waals surface area contributed by atoms with Crippen LogP contribution in [0.15, 0.2) is 46.9 Å². The van der Waals surface area contributed by atoms with E-state index in [1.165, 1.54) is 14.2 Å². The number of nitrogens with one attached hydrogen (secondary N) is 1. The lowest BCUT2D eigenvalue weighted by molar-refractivity contribution is 0.0596. The molecule has 0 bridgehead atoms. The van der Waals surface area contributed by atoms with Gasteiger partial charge in [0.1, 0.15) is 22.7 Å². The van der Waals surface area contributed by atoms with E-state index in [1.54, 1.807) is 12.1 Å². The van der Waals surface area contributed by atoms with E-state index < -0.39 is 5.97 Å². The maximum absolute atomic E-state index is 11.7. The molecule has 24 heavy (non-hydrogen) atoms. The van der Waals surface area contributed by atoms with Crippen molar-refractivity contribution in [2.75, 3.05) is 19.5 Å². The number of aromatic nitrogens is 1. The van der Waals surface area contributed by atoms with Gasteiger partial charge in [0.25, 0.3) is 0 Å². The van der Waals surface area contributed by atoms with Crippen molar-refractivity contribution < 1.29 is 18.7 Å². The molecule has 0 aliphatic heterocycles. The number of ether oxygens (including phenoxy) is 2. The van der Waals surface area contributed by atoms with Gasteiger partial charge in [-0.1, -0.05) is 18.2 Å². The average molecular weight is 326 g/mol. The molecule has 0 fully saturated rings. The lowest BCUT2D eigenvalue weighted by Crippen LogP contribution is -2.10. The highest BCUT2D eigenvalue weighted by atomic mass is 16.5. The first-order valence-corrected chi connectivity index (χ1v) is 7.50. The standard InChI is InChI=1S/C18H18N2O4/c1-11(15-10-12-6-4-5-7-14(12)24-15)19-16-9-8-13(18(21)23-3)17(20-16)22-2/h4-11H,1-3H3,(H,19,20)/t11-/m1/s1. The summed E-state index contributed by atoms with van der Waals surface area (Å²) in [5.74, 6) is 1.10. The molecule has 0 saturated heterocycles. The molecule has 0 spiro atoms. The van der Waals surface area contributed by atoms with E-state index in [0.717, 1.165) is 16.7 Å². The molecule has 0 aliphatic rings. The Morgan fingerprint density at radius 1 is 1.21 bits per heavy atom. The molecule has 0 saturated carbocycles. The fourth-order valence-corrected chi connectivity index (χ4v) is 2.45. The van der Waals surface area contributed by atoms with Crippen LogP contribution in [0.1, 0.15) is 29.1 Å². The van der Waals surface area contributed by atoms with Crippen LogP contribution in [-0.4, -0.2) is 25.2 Å². The van der Waals surface area contributed by atoms with Gasteiger partial charge in [0.05, 0.1) is 20.3 Å². The van der Waals surface area contributed by atoms with Crippen molar-refractivity contribution in [1.82, 2.24) is 4.98 Å². The van der Waals surface area contributed by atoms with Gasteiger partial charge < -0.3 is 19.2 Å². The Hall–Kier alpha value is -3.02. The van der Waals surface area contributed by atoms with E-state index in [4.69, 9.17) is 13.9 Å². The van der Waals surface area contributed by atoms with E-state index in [2.05, 4.69) is 10.3 Å². The number of para-hydroxylation sites is 1. The summed E-state index contributed by atoms with van der Waals surface area (Å²) in [6.45, 7) is 1.97. The molecule has 1 N–H and O–H groups in total. The number of methoxy groups -OCH3 is 2. The van der Waals surface area contributed by atoms with Crippen molar-refractivity contribution in [2.45, 2.75) is 13.0 Å². The van der Waals surface area contributed by atoms with Crippen LogP contribution < -0.4 is 10.1 Å². The lowest BCUT2D eigenvalue weighted by Gasteiger charge is -2.14. The molecule has 0 unspecified atom stereocenters. The van der Waals surface area contributed by atoms with Crippen molar-refractivity contribution in [2.24, 2.45) is 0 Å². The minimum absolute atomic E-state index is 0.0985. The minimum Gasteiger partial charge on any atom is -0.480 e. The summed E-state index contributed by atoms with van der Waals surface area (Å²) in [5.41, 5.74) is 1.12. The summed E-state index contributed by atoms with van der Waals surface area (Å²) >= 11 is 0. The molecule has 6 heteroatoms. The maximum Gasteiger partial charge on any atom is 0.343 e. The van der Waals surface area contributed by atoms with Crippen LogP contribution >= 0.6 is 0 Å². The Balaban J connectivity index is 1.83. The smallest absolute Gasteiger partial charge is 0.343 e. The van der Waals surface area contributed by atoms with E-state index in [0.29, 0.717) is 5.82 Å². The van der Waals surface area contributed by atoms with Gasteiger partial charge in [-0.25, -0.2) is 4.79 Å². The van der Waals surface area contributed by atoms with Crippen LogP contribution in [0.3, 0.4) is 0 Å². The zero-order valence-corrected chi connectivity index (χ0v) is 13.7. The van der Waals surface area contributed by atoms with Crippen LogP contribution in [0.4, 0.5) is 5.82 Å². The number of furan rings is 1. The summed E-state index contributed by atoms with van der Waals surface area (Å²) in [4.78, 5) is 16.0. The third kappa shape index (κ3) is 3.03. The molecule has 2 heterocycles. The van der Waals surface area contributed by atoms with Crippen LogP contribution in [0.25, 0.3) is 11.0 Å². The molecule has 2 aromatic heterocycles. The number of esters is 1. The van der Waals surface area contributed by atoms with Crippen molar-refractivity contribution in [1.29, 1.82) is 0 Å². The van der Waals surface area contributed by atoms with Crippen LogP contribution in [0.2, 0.25) is 0 Å². The summed E-state index contributed by atoms with van der Waals surface area (Å²) in [7, 11) is 2.78. The van der Waals surface area contributed by atoms with E-state index in [9.17, 15) is 4.79 Å². The van der Waals surface area contributed by atoms with Crippen LogP contribution in [0.5, 0.6) is 5.88 Å². The molecule has 124 valence electrons. The molecule has 1 atom stereocenters. The van der Waals surface area contributed by atoms with E-state index >= 15 is 0 Å². The number of pyridine rings is 1. The Bertz CT molecular complexity index is 839. The van der Waals surface area contributed by atoms with Gasteiger partial charge in [-0.15, -0.1) is 0 Å². The van der Waals surface area contributed by atoms with Gasteiger partial charge in [0.2, 0.25) is 5.88 Å². The largest absolute Gasteiger partial charge is 0.480 e. The minimum atomic E-state index is -0.490. The fourth-order valence-electron chi connectivity index (χ4n) is 2.45. The second-order valence-electron chi connectivity index (χ2n) is 5.30. The number of carbonyl (C=O) groups excluding carboxylic acids is 1. The second-order valence-corrected chi connectivity index (χ2v) is 5.30. The number of hydrogen-bond acceptors (Lipinski definition) is 6. The number of anilines is 1. The lowest BCUT2D eigenvalue weighted by atomic mass is 10.2. The highest BCUT2D eigenvalue weighted by Gasteiger charge is 2.17. The molecule has 0 amide bonds. The first-order valence-electron chi connectivity index (χ1n) is 7.50. The van der Waals surface area contributed by atoms with Crippen LogP contribution in [-0.2, 0) is 4.74 Å². The summed E-state index contributed by atoms with van der Waals surface area (Å²) in [5, 5.41) is 4.29. The maximum atomic E-state index is 11.7. The number of benzene rings is 1. The summed E-state index contributed by atoms with van der Waals surface area (Å²) in [6.07, 6.45) is 0. The zero-order chi connectivity index (χ0) is 17.1. The molecule has 6 nitrogen and oxygen atoms in total. The highest BCUT2D eigenvalue weighted by Crippen LogP contribution is 2.27. The fraction of sp³-hybridized carbons (Fsp3) is 0.222. The topological polar surface area (TPSA) is 73.6 Å². The summed E-state index contributed by atoms with van der Waals surface area (Å²) in [6, 6.07) is 13.0. The number of carbonyl (C=O) groups is 1. The van der Waals surface area contributed by atoms with E-state index in [1.807, 2.05) is 37.3 Å². The molecular weight excluding hydrogens is 308 g/mol. The number of hydrogen-bond donors (Lipinski definition) is 1. The van der Waals surface area contributed by atoms with E-state index in [-0.39, 0.29) is 17.5 Å². The van der Waals surface area contributed by atoms with Crippen molar-refractivity contribution in [3.05, 3.63) is 53.8 Å². The average Bonchev–Trinajstić information content (AvgIpc) is 3.05. The van der Waals surface area contributed by atoms with Gasteiger partial charge >= 0.3 is 5.97 Å². The third-order valence-electron chi connectivity index (χ3n) is 3.69. The molecule has 1 aromatic carbocycles. The third-order valence-corrected chi connectivity index (χ3v) is 3.69. The Morgan fingerprint density at radius 2 is 2.00 bits per heavy atom. The van der Waals surface area contributed by atoms with Crippen LogP contribution in [0, 0.1) is 0 Å². The molecule has 0 aliphatic carbocycles. The quantitative estimate of drug-likeness (QED) is 0.719. The molecule has 0 radical (unpaired) electrons. The molecule has 3 aromatic rings. The zero-order valence-electron chi connectivity index (χ0n) is 13.7. The number of rotatable bonds is 5. The predicted octanol–water partition coefficient (Wildman–Crippen LogP) is 3.80. The Morgan fingerprint density at radius 3 is 2.71 bits per heavy atom. The van der Waals surface area contributed by atoms with Gasteiger partial charge in [-0.05, 0) is 31.2 Å². The monoisotopic (exact) mass is 326 g/mol. The van der Waals surface area contributed by atoms with Gasteiger partial charge in [-0.3, -0.25) is 0 Å². The normalized spacial score (nSPS) is 12.0. The van der Waals surface area contributed by atoms with Crippen molar-refractivity contribution >= 4 is 22.8 Å². The Kier molecular flexibility index (Phi) is 4.37. The van der Waals surface area contributed by atoms with Gasteiger partial charge in [0.15, 0.2) is 0 Å². The number of nitrogens with zero attached hydrogens (tertiary/aromatic N) is 1. The Labute approximate surface area is 139 Å². The van der Waals surface area contributed by atoms with Gasteiger partial charge in [-0.2, -0.15) is 4.98 Å². The highest BCUT2D eigenvalue weighted by molar-refractivity contribution is 5.92. The van der Waals surface area contributed by atoms with Crippen molar-refractivity contribution in [3.63, 3.8) is 0 Å². The van der Waals surface area contributed by atoms with Crippen molar-refractivity contribution in [3.8, 4) is 5.88 Å². The molecule has 3 rings (SSSR count). The molecular formula is C18H18N2O4. The first kappa shape index (κ1) is 15.9. The summed E-state index contributed by atoms with van der Waals surface area (Å²) < 4.78 is 15.7. The van der Waals surface area contributed by atoms with Gasteiger partial charge in [0, 0.05) is 5.39 Å². The first-order chi connectivity index (χ1) is 11.6. The second kappa shape index (κ2) is 6.62.